The number of hydrogen-bond donors (Lipinski definition) is 1. The minimum atomic E-state index is -3.40. The maximum absolute atomic E-state index is 12.5. The fourth-order valence-electron chi connectivity index (χ4n) is 3.04. The van der Waals surface area contributed by atoms with Gasteiger partial charge in [0.05, 0.1) is 4.90 Å². The molecule has 1 aromatic carbocycles. The SMILES string of the molecule is CCCCc1ccc(S(=O)(=O)NC2CCN(C(C)C)CC2)cc1. The van der Waals surface area contributed by atoms with E-state index in [-0.39, 0.29) is 6.04 Å². The van der Waals surface area contributed by atoms with E-state index < -0.39 is 10.0 Å². The Morgan fingerprint density at radius 1 is 1.17 bits per heavy atom. The van der Waals surface area contributed by atoms with Gasteiger partial charge in [0, 0.05) is 12.1 Å². The van der Waals surface area contributed by atoms with Crippen LogP contribution in [0.2, 0.25) is 0 Å². The molecule has 1 aromatic rings. The highest BCUT2D eigenvalue weighted by molar-refractivity contribution is 7.89. The van der Waals surface area contributed by atoms with Gasteiger partial charge < -0.3 is 4.90 Å². The third kappa shape index (κ3) is 5.30. The molecule has 0 radical (unpaired) electrons. The van der Waals surface area contributed by atoms with Crippen LogP contribution in [-0.2, 0) is 16.4 Å². The molecule has 0 aromatic heterocycles. The molecule has 0 unspecified atom stereocenters. The van der Waals surface area contributed by atoms with Crippen LogP contribution in [0.1, 0.15) is 52.0 Å². The van der Waals surface area contributed by atoms with Crippen molar-refractivity contribution < 1.29 is 8.42 Å². The number of nitrogens with one attached hydrogen (secondary N) is 1. The zero-order chi connectivity index (χ0) is 16.9. The molecule has 5 heteroatoms. The van der Waals surface area contributed by atoms with Crippen molar-refractivity contribution in [1.82, 2.24) is 9.62 Å². The first-order chi connectivity index (χ1) is 10.9. The normalized spacial score (nSPS) is 17.7. The Balaban J connectivity index is 1.94. The van der Waals surface area contributed by atoms with Gasteiger partial charge in [0.15, 0.2) is 0 Å². The van der Waals surface area contributed by atoms with Crippen molar-refractivity contribution in [1.29, 1.82) is 0 Å². The number of benzene rings is 1. The van der Waals surface area contributed by atoms with Crippen molar-refractivity contribution in [2.45, 2.75) is 69.9 Å². The first-order valence-electron chi connectivity index (χ1n) is 8.77. The van der Waals surface area contributed by atoms with Crippen LogP contribution in [0.25, 0.3) is 0 Å². The third-order valence-electron chi connectivity index (χ3n) is 4.63. The minimum absolute atomic E-state index is 0.0507. The third-order valence-corrected chi connectivity index (χ3v) is 6.17. The van der Waals surface area contributed by atoms with Crippen LogP contribution < -0.4 is 4.72 Å². The first kappa shape index (κ1) is 18.4. The summed E-state index contributed by atoms with van der Waals surface area (Å²) < 4.78 is 27.9. The molecule has 0 saturated carbocycles. The lowest BCUT2D eigenvalue weighted by Gasteiger charge is -2.34. The number of sulfonamides is 1. The van der Waals surface area contributed by atoms with Crippen LogP contribution in [0.4, 0.5) is 0 Å². The van der Waals surface area contributed by atoms with Gasteiger partial charge in [-0.3, -0.25) is 0 Å². The highest BCUT2D eigenvalue weighted by atomic mass is 32.2. The lowest BCUT2D eigenvalue weighted by Crippen LogP contribution is -2.46. The molecule has 23 heavy (non-hydrogen) atoms. The fraction of sp³-hybridized carbons (Fsp3) is 0.667. The van der Waals surface area contributed by atoms with Crippen molar-refractivity contribution in [3.63, 3.8) is 0 Å². The second-order valence-electron chi connectivity index (χ2n) is 6.77. The maximum atomic E-state index is 12.5. The van der Waals surface area contributed by atoms with Gasteiger partial charge in [-0.1, -0.05) is 25.5 Å². The van der Waals surface area contributed by atoms with Crippen LogP contribution in [0.5, 0.6) is 0 Å². The Hall–Kier alpha value is -0.910. The molecule has 0 aliphatic carbocycles. The van der Waals surface area contributed by atoms with E-state index in [0.29, 0.717) is 10.9 Å². The number of nitrogens with zero attached hydrogens (tertiary/aromatic N) is 1. The summed E-state index contributed by atoms with van der Waals surface area (Å²) in [6.07, 6.45) is 5.06. The predicted molar refractivity (Wildman–Crippen MR) is 95.1 cm³/mol. The molecular weight excluding hydrogens is 308 g/mol. The minimum Gasteiger partial charge on any atom is -0.301 e. The van der Waals surface area contributed by atoms with Crippen molar-refractivity contribution in [2.75, 3.05) is 13.1 Å². The van der Waals surface area contributed by atoms with E-state index in [2.05, 4.69) is 30.4 Å². The van der Waals surface area contributed by atoms with E-state index in [1.54, 1.807) is 12.1 Å². The second-order valence-corrected chi connectivity index (χ2v) is 8.49. The highest BCUT2D eigenvalue weighted by Crippen LogP contribution is 2.17. The van der Waals surface area contributed by atoms with E-state index in [9.17, 15) is 8.42 Å². The molecule has 1 fully saturated rings. The molecule has 1 heterocycles. The van der Waals surface area contributed by atoms with Crippen LogP contribution in [0.15, 0.2) is 29.2 Å². The number of hydrogen-bond acceptors (Lipinski definition) is 3. The van der Waals surface area contributed by atoms with Gasteiger partial charge >= 0.3 is 0 Å². The number of unbranched alkanes of at least 4 members (excludes halogenated alkanes) is 1. The van der Waals surface area contributed by atoms with Crippen LogP contribution in [0.3, 0.4) is 0 Å². The monoisotopic (exact) mass is 338 g/mol. The second kappa shape index (κ2) is 8.27. The lowest BCUT2D eigenvalue weighted by molar-refractivity contribution is 0.168. The van der Waals surface area contributed by atoms with E-state index in [0.717, 1.165) is 45.2 Å². The Bertz CT molecular complexity index is 574. The largest absolute Gasteiger partial charge is 0.301 e. The first-order valence-corrected chi connectivity index (χ1v) is 10.3. The van der Waals surface area contributed by atoms with Crippen LogP contribution in [-0.4, -0.2) is 38.5 Å². The van der Waals surface area contributed by atoms with Crippen LogP contribution in [0, 0.1) is 0 Å². The van der Waals surface area contributed by atoms with E-state index in [1.807, 2.05) is 12.1 Å². The standard InChI is InChI=1S/C18H30N2O2S/c1-4-5-6-16-7-9-18(10-8-16)23(21,22)19-17-11-13-20(14-12-17)15(2)3/h7-10,15,17,19H,4-6,11-14H2,1-3H3. The van der Waals surface area contributed by atoms with E-state index in [1.165, 1.54) is 5.56 Å². The van der Waals surface area contributed by atoms with Crippen molar-refractivity contribution in [3.05, 3.63) is 29.8 Å². The molecule has 1 aliphatic rings. The van der Waals surface area contributed by atoms with Gasteiger partial charge in [-0.15, -0.1) is 0 Å². The van der Waals surface area contributed by atoms with E-state index >= 15 is 0 Å². The zero-order valence-electron chi connectivity index (χ0n) is 14.6. The Morgan fingerprint density at radius 3 is 2.30 bits per heavy atom. The summed E-state index contributed by atoms with van der Waals surface area (Å²) in [6.45, 7) is 8.45. The van der Waals surface area contributed by atoms with Gasteiger partial charge in [0.1, 0.15) is 0 Å². The number of rotatable bonds is 7. The average molecular weight is 339 g/mol. The quantitative estimate of drug-likeness (QED) is 0.831. The summed E-state index contributed by atoms with van der Waals surface area (Å²) in [5.41, 5.74) is 1.20. The van der Waals surface area contributed by atoms with Gasteiger partial charge in [-0.05, 0) is 70.3 Å². The molecule has 4 nitrogen and oxygen atoms in total. The zero-order valence-corrected chi connectivity index (χ0v) is 15.4. The summed E-state index contributed by atoms with van der Waals surface area (Å²) in [5, 5.41) is 0. The fourth-order valence-corrected chi connectivity index (χ4v) is 4.34. The predicted octanol–water partition coefficient (Wildman–Crippen LogP) is 3.18. The topological polar surface area (TPSA) is 49.4 Å². The van der Waals surface area contributed by atoms with Gasteiger partial charge in [-0.25, -0.2) is 13.1 Å². The average Bonchev–Trinajstić information content (AvgIpc) is 2.53. The Morgan fingerprint density at radius 2 is 1.78 bits per heavy atom. The van der Waals surface area contributed by atoms with E-state index in [4.69, 9.17) is 0 Å². The number of likely N-dealkylation sites (tertiary alicyclic amines) is 1. The summed E-state index contributed by atoms with van der Waals surface area (Å²) in [4.78, 5) is 2.77. The highest BCUT2D eigenvalue weighted by Gasteiger charge is 2.25. The molecule has 1 aliphatic heterocycles. The summed E-state index contributed by atoms with van der Waals surface area (Å²) in [7, 11) is -3.40. The molecule has 1 N–H and O–H groups in total. The van der Waals surface area contributed by atoms with Crippen molar-refractivity contribution in [3.8, 4) is 0 Å². The molecule has 0 bridgehead atoms. The smallest absolute Gasteiger partial charge is 0.240 e. The molecule has 0 amide bonds. The van der Waals surface area contributed by atoms with Gasteiger partial charge in [0.25, 0.3) is 0 Å². The lowest BCUT2D eigenvalue weighted by atomic mass is 10.1. The molecule has 2 rings (SSSR count). The Kier molecular flexibility index (Phi) is 6.62. The molecular formula is C18H30N2O2S. The molecule has 1 saturated heterocycles. The summed E-state index contributed by atoms with van der Waals surface area (Å²) in [5.74, 6) is 0. The molecule has 0 atom stereocenters. The molecule has 0 spiro atoms. The van der Waals surface area contributed by atoms with Crippen molar-refractivity contribution in [2.24, 2.45) is 0 Å². The maximum Gasteiger partial charge on any atom is 0.240 e. The van der Waals surface area contributed by atoms with Crippen LogP contribution >= 0.6 is 0 Å². The molecule has 130 valence electrons. The number of piperidine rings is 1. The number of aryl methyl sites for hydroxylation is 1. The van der Waals surface area contributed by atoms with Crippen molar-refractivity contribution >= 4 is 10.0 Å². The summed E-state index contributed by atoms with van der Waals surface area (Å²) in [6, 6.07) is 7.92. The van der Waals surface area contributed by atoms with Gasteiger partial charge in [-0.2, -0.15) is 0 Å². The van der Waals surface area contributed by atoms with Gasteiger partial charge in [0.2, 0.25) is 10.0 Å². The summed E-state index contributed by atoms with van der Waals surface area (Å²) >= 11 is 0. The Labute approximate surface area is 141 Å².